The number of hydrogen-bond acceptors (Lipinski definition) is 5. The zero-order valence-corrected chi connectivity index (χ0v) is 9.92. The van der Waals surface area contributed by atoms with E-state index in [4.69, 9.17) is 27.7 Å². The van der Waals surface area contributed by atoms with Crippen LogP contribution >= 0.6 is 11.6 Å². The van der Waals surface area contributed by atoms with Crippen LogP contribution in [0.4, 0.5) is 5.69 Å². The predicted molar refractivity (Wildman–Crippen MR) is 64.0 cm³/mol. The Labute approximate surface area is 108 Å². The van der Waals surface area contributed by atoms with Gasteiger partial charge in [-0.2, -0.15) is 5.26 Å². The van der Waals surface area contributed by atoms with Gasteiger partial charge in [0.05, 0.1) is 29.8 Å². The highest BCUT2D eigenvalue weighted by molar-refractivity contribution is 6.31. The Morgan fingerprint density at radius 3 is 2.61 bits per heavy atom. The summed E-state index contributed by atoms with van der Waals surface area (Å²) in [4.78, 5) is 10.9. The molecule has 5 N–H and O–H groups in total. The van der Waals surface area contributed by atoms with Gasteiger partial charge in [-0.3, -0.25) is 0 Å². The quantitative estimate of drug-likeness (QED) is 0.603. The summed E-state index contributed by atoms with van der Waals surface area (Å²) in [6.45, 7) is 0. The highest BCUT2D eigenvalue weighted by atomic mass is 35.5. The number of carbonyl (C=O) groups is 1. The molecule has 0 aliphatic rings. The van der Waals surface area contributed by atoms with Gasteiger partial charge >= 0.3 is 5.97 Å². The van der Waals surface area contributed by atoms with Gasteiger partial charge < -0.3 is 21.1 Å². The van der Waals surface area contributed by atoms with Crippen molar-refractivity contribution in [2.45, 2.75) is 18.6 Å². The summed E-state index contributed by atoms with van der Waals surface area (Å²) >= 11 is 5.72. The fourth-order valence-electron chi connectivity index (χ4n) is 1.47. The first kappa shape index (κ1) is 14.3. The van der Waals surface area contributed by atoms with Gasteiger partial charge in [0.25, 0.3) is 0 Å². The second-order valence-corrected chi connectivity index (χ2v) is 4.07. The van der Waals surface area contributed by atoms with Crippen LogP contribution in [0, 0.1) is 11.3 Å². The zero-order chi connectivity index (χ0) is 13.9. The van der Waals surface area contributed by atoms with Crippen LogP contribution in [0.15, 0.2) is 12.1 Å². The van der Waals surface area contributed by atoms with Crippen molar-refractivity contribution in [1.82, 2.24) is 0 Å². The number of nitrogens with two attached hydrogens (primary N) is 1. The van der Waals surface area contributed by atoms with Crippen LogP contribution in [-0.2, 0) is 0 Å². The number of carboxylic acids is 1. The van der Waals surface area contributed by atoms with Crippen LogP contribution in [0.1, 0.15) is 28.4 Å². The number of benzene rings is 1. The fraction of sp³-hybridized carbons (Fsp3) is 0.273. The van der Waals surface area contributed by atoms with E-state index < -0.39 is 18.2 Å². The maximum Gasteiger partial charge on any atom is 0.337 e. The van der Waals surface area contributed by atoms with Crippen molar-refractivity contribution in [3.63, 3.8) is 0 Å². The summed E-state index contributed by atoms with van der Waals surface area (Å²) in [5.41, 5.74) is 5.14. The second-order valence-electron chi connectivity index (χ2n) is 3.64. The van der Waals surface area contributed by atoms with E-state index in [1.807, 2.05) is 0 Å². The van der Waals surface area contributed by atoms with Crippen molar-refractivity contribution in [3.8, 4) is 6.07 Å². The Kier molecular flexibility index (Phi) is 4.50. The van der Waals surface area contributed by atoms with E-state index in [-0.39, 0.29) is 28.3 Å². The molecule has 0 saturated carbocycles. The molecule has 0 amide bonds. The van der Waals surface area contributed by atoms with E-state index in [9.17, 15) is 15.0 Å². The average molecular weight is 271 g/mol. The molecule has 0 spiro atoms. The largest absolute Gasteiger partial charge is 0.478 e. The third-order valence-electron chi connectivity index (χ3n) is 2.39. The minimum Gasteiger partial charge on any atom is -0.478 e. The highest BCUT2D eigenvalue weighted by Crippen LogP contribution is 2.30. The molecule has 0 fully saturated rings. The van der Waals surface area contributed by atoms with Crippen LogP contribution in [-0.4, -0.2) is 27.4 Å². The SMILES string of the molecule is N#CCC(O)C(O)c1cc(Cl)cc(C(=O)O)c1N. The van der Waals surface area contributed by atoms with Gasteiger partial charge in [0.15, 0.2) is 0 Å². The van der Waals surface area contributed by atoms with Gasteiger partial charge in [-0.1, -0.05) is 11.6 Å². The molecule has 1 rings (SSSR count). The topological polar surface area (TPSA) is 128 Å². The van der Waals surface area contributed by atoms with Gasteiger partial charge in [0.1, 0.15) is 6.10 Å². The molecule has 18 heavy (non-hydrogen) atoms. The molecular formula is C11H11ClN2O4. The predicted octanol–water partition coefficient (Wildman–Crippen LogP) is 0.928. The maximum absolute atomic E-state index is 10.9. The third kappa shape index (κ3) is 2.90. The number of halogens is 1. The third-order valence-corrected chi connectivity index (χ3v) is 2.61. The lowest BCUT2D eigenvalue weighted by atomic mass is 9.98. The summed E-state index contributed by atoms with van der Waals surface area (Å²) < 4.78 is 0. The number of nitrogen functional groups attached to an aromatic ring is 1. The van der Waals surface area contributed by atoms with Crippen LogP contribution in [0.25, 0.3) is 0 Å². The van der Waals surface area contributed by atoms with Crippen LogP contribution < -0.4 is 5.73 Å². The van der Waals surface area contributed by atoms with E-state index in [1.54, 1.807) is 6.07 Å². The van der Waals surface area contributed by atoms with Gasteiger partial charge in [-0.05, 0) is 12.1 Å². The summed E-state index contributed by atoms with van der Waals surface area (Å²) in [5.74, 6) is -1.29. The lowest BCUT2D eigenvalue weighted by Crippen LogP contribution is -2.20. The van der Waals surface area contributed by atoms with Gasteiger partial charge in [-0.15, -0.1) is 0 Å². The first-order chi connectivity index (χ1) is 8.38. The summed E-state index contributed by atoms with van der Waals surface area (Å²) in [7, 11) is 0. The molecule has 0 radical (unpaired) electrons. The zero-order valence-electron chi connectivity index (χ0n) is 9.17. The lowest BCUT2D eigenvalue weighted by molar-refractivity contribution is 0.0220. The molecule has 6 nitrogen and oxygen atoms in total. The molecule has 2 atom stereocenters. The number of aliphatic hydroxyl groups excluding tert-OH is 2. The van der Waals surface area contributed by atoms with E-state index in [2.05, 4.69) is 0 Å². The Hall–Kier alpha value is -1.81. The molecule has 0 heterocycles. The molecule has 0 saturated heterocycles. The van der Waals surface area contributed by atoms with Crippen LogP contribution in [0.3, 0.4) is 0 Å². The van der Waals surface area contributed by atoms with Crippen molar-refractivity contribution >= 4 is 23.3 Å². The van der Waals surface area contributed by atoms with Gasteiger partial charge in [-0.25, -0.2) is 4.79 Å². The molecule has 0 aliphatic carbocycles. The fourth-order valence-corrected chi connectivity index (χ4v) is 1.70. The number of aromatic carboxylic acids is 1. The number of nitriles is 1. The van der Waals surface area contributed by atoms with Crippen LogP contribution in [0.2, 0.25) is 5.02 Å². The standard InChI is InChI=1S/C11H11ClN2O4/c12-5-3-6(10(16)8(15)1-2-13)9(14)7(4-5)11(17)18/h3-4,8,10,15-16H,1,14H2,(H,17,18). The summed E-state index contributed by atoms with van der Waals surface area (Å²) in [6, 6.07) is 4.09. The Balaban J connectivity index is 3.25. The Morgan fingerprint density at radius 2 is 2.11 bits per heavy atom. The monoisotopic (exact) mass is 270 g/mol. The lowest BCUT2D eigenvalue weighted by Gasteiger charge is -2.18. The molecule has 1 aromatic carbocycles. The summed E-state index contributed by atoms with van der Waals surface area (Å²) in [5, 5.41) is 36.7. The molecule has 0 aliphatic heterocycles. The number of nitrogens with zero attached hydrogens (tertiary/aromatic N) is 1. The smallest absolute Gasteiger partial charge is 0.337 e. The number of rotatable bonds is 4. The van der Waals surface area contributed by atoms with E-state index in [0.29, 0.717) is 0 Å². The minimum absolute atomic E-state index is 0.0114. The van der Waals surface area contributed by atoms with Crippen molar-refractivity contribution in [2.24, 2.45) is 0 Å². The number of carboxylic acid groups (broad SMARTS) is 1. The molecule has 7 heteroatoms. The summed E-state index contributed by atoms with van der Waals surface area (Å²) in [6.07, 6.45) is -3.14. The molecular weight excluding hydrogens is 260 g/mol. The second kappa shape index (κ2) is 5.69. The Morgan fingerprint density at radius 1 is 1.50 bits per heavy atom. The number of anilines is 1. The molecule has 0 bridgehead atoms. The van der Waals surface area contributed by atoms with Crippen molar-refractivity contribution in [1.29, 1.82) is 5.26 Å². The normalized spacial score (nSPS) is 13.7. The van der Waals surface area contributed by atoms with Crippen molar-refractivity contribution < 1.29 is 20.1 Å². The van der Waals surface area contributed by atoms with Crippen LogP contribution in [0.5, 0.6) is 0 Å². The number of aliphatic hydroxyl groups is 2. The first-order valence-corrected chi connectivity index (χ1v) is 5.31. The molecule has 96 valence electrons. The molecule has 0 aromatic heterocycles. The average Bonchev–Trinajstić information content (AvgIpc) is 2.30. The van der Waals surface area contributed by atoms with E-state index in [0.717, 1.165) is 6.07 Å². The minimum atomic E-state index is -1.47. The maximum atomic E-state index is 10.9. The highest BCUT2D eigenvalue weighted by Gasteiger charge is 2.24. The Bertz CT molecular complexity index is 513. The molecule has 1 aromatic rings. The van der Waals surface area contributed by atoms with E-state index >= 15 is 0 Å². The van der Waals surface area contributed by atoms with Gasteiger partial charge in [0, 0.05) is 10.6 Å². The van der Waals surface area contributed by atoms with E-state index in [1.165, 1.54) is 6.07 Å². The van der Waals surface area contributed by atoms with Crippen molar-refractivity contribution in [2.75, 3.05) is 5.73 Å². The first-order valence-electron chi connectivity index (χ1n) is 4.93. The van der Waals surface area contributed by atoms with Gasteiger partial charge in [0.2, 0.25) is 0 Å². The molecule has 2 unspecified atom stereocenters. The number of hydrogen-bond donors (Lipinski definition) is 4. The van der Waals surface area contributed by atoms with Crippen molar-refractivity contribution in [3.05, 3.63) is 28.3 Å².